The topological polar surface area (TPSA) is 67.6 Å². The van der Waals surface area contributed by atoms with Crippen LogP contribution < -0.4 is 20.7 Å². The van der Waals surface area contributed by atoms with E-state index < -0.39 is 5.54 Å². The number of nitrogens with zero attached hydrogens (tertiary/aromatic N) is 1. The number of anilines is 1. The summed E-state index contributed by atoms with van der Waals surface area (Å²) in [5.74, 6) is 0.533. The molecule has 1 aromatic rings. The molecule has 0 saturated heterocycles. The molecule has 0 aliphatic carbocycles. The molecule has 1 unspecified atom stereocenters. The molecule has 20 heavy (non-hydrogen) atoms. The summed E-state index contributed by atoms with van der Waals surface area (Å²) in [4.78, 5) is 13.6. The van der Waals surface area contributed by atoms with Crippen molar-refractivity contribution in [1.82, 2.24) is 5.32 Å². The quantitative estimate of drug-likeness (QED) is 0.754. The Morgan fingerprint density at radius 2 is 2.00 bits per heavy atom. The highest BCUT2D eigenvalue weighted by atomic mass is 16.5. The Hall–Kier alpha value is -1.75. The fraction of sp³-hybridized carbons (Fsp3) is 0.533. The summed E-state index contributed by atoms with van der Waals surface area (Å²) in [6.45, 7) is 2.69. The fourth-order valence-corrected chi connectivity index (χ4v) is 2.01. The number of nitrogens with one attached hydrogen (secondary N) is 1. The van der Waals surface area contributed by atoms with E-state index >= 15 is 0 Å². The number of methoxy groups -OCH3 is 1. The van der Waals surface area contributed by atoms with Gasteiger partial charge in [0.2, 0.25) is 5.91 Å². The zero-order valence-corrected chi connectivity index (χ0v) is 12.8. The number of likely N-dealkylation sites (N-methyl/N-ethyl adjacent to an activating group) is 1. The first-order valence-corrected chi connectivity index (χ1v) is 6.77. The van der Waals surface area contributed by atoms with Crippen molar-refractivity contribution >= 4 is 11.6 Å². The third-order valence-corrected chi connectivity index (χ3v) is 3.78. The molecule has 0 radical (unpaired) electrons. The van der Waals surface area contributed by atoms with Gasteiger partial charge in [0.05, 0.1) is 12.6 Å². The van der Waals surface area contributed by atoms with Crippen LogP contribution in [0.1, 0.15) is 19.8 Å². The van der Waals surface area contributed by atoms with Gasteiger partial charge in [0.1, 0.15) is 5.75 Å². The van der Waals surface area contributed by atoms with Crippen LogP contribution in [-0.2, 0) is 4.79 Å². The van der Waals surface area contributed by atoms with E-state index in [2.05, 4.69) is 10.2 Å². The van der Waals surface area contributed by atoms with E-state index in [-0.39, 0.29) is 5.91 Å². The van der Waals surface area contributed by atoms with Gasteiger partial charge >= 0.3 is 0 Å². The smallest absolute Gasteiger partial charge is 0.237 e. The maximum Gasteiger partial charge on any atom is 0.237 e. The van der Waals surface area contributed by atoms with Crippen LogP contribution in [0.4, 0.5) is 5.69 Å². The van der Waals surface area contributed by atoms with E-state index in [4.69, 9.17) is 10.5 Å². The molecule has 5 heteroatoms. The number of primary amides is 1. The van der Waals surface area contributed by atoms with Crippen molar-refractivity contribution < 1.29 is 9.53 Å². The van der Waals surface area contributed by atoms with Gasteiger partial charge in [-0.1, -0.05) is 0 Å². The molecule has 0 bridgehead atoms. The van der Waals surface area contributed by atoms with Crippen molar-refractivity contribution in [2.24, 2.45) is 5.73 Å². The molecule has 3 N–H and O–H groups in total. The SMILES string of the molecule is CNC(C)(CCCN(C)c1ccc(OC)cc1)C(N)=O. The van der Waals surface area contributed by atoms with E-state index in [1.807, 2.05) is 38.2 Å². The van der Waals surface area contributed by atoms with Gasteiger partial charge in [-0.05, 0) is 51.1 Å². The molecule has 1 atom stereocenters. The highest BCUT2D eigenvalue weighted by Crippen LogP contribution is 2.19. The largest absolute Gasteiger partial charge is 0.497 e. The molecule has 0 heterocycles. The molecule has 1 aromatic carbocycles. The molecule has 112 valence electrons. The average Bonchev–Trinajstić information content (AvgIpc) is 2.46. The molecule has 1 rings (SSSR count). The van der Waals surface area contributed by atoms with Crippen molar-refractivity contribution in [3.05, 3.63) is 24.3 Å². The van der Waals surface area contributed by atoms with E-state index in [1.54, 1.807) is 14.2 Å². The Balaban J connectivity index is 2.50. The van der Waals surface area contributed by atoms with Gasteiger partial charge in [-0.15, -0.1) is 0 Å². The number of amides is 1. The standard InChI is InChI=1S/C15H25N3O2/c1-15(17-2,14(16)19)10-5-11-18(3)12-6-8-13(20-4)9-7-12/h6-9,17H,5,10-11H2,1-4H3,(H2,16,19). The van der Waals surface area contributed by atoms with Gasteiger partial charge in [0, 0.05) is 19.3 Å². The summed E-state index contributed by atoms with van der Waals surface area (Å²) >= 11 is 0. The number of ether oxygens (including phenoxy) is 1. The Labute approximate surface area is 121 Å². The first-order valence-electron chi connectivity index (χ1n) is 6.77. The summed E-state index contributed by atoms with van der Waals surface area (Å²) in [6.07, 6.45) is 1.59. The van der Waals surface area contributed by atoms with Crippen LogP contribution >= 0.6 is 0 Å². The lowest BCUT2D eigenvalue weighted by atomic mass is 9.95. The van der Waals surface area contributed by atoms with E-state index in [0.717, 1.165) is 24.4 Å². The summed E-state index contributed by atoms with van der Waals surface area (Å²) in [6, 6.07) is 7.91. The van der Waals surface area contributed by atoms with E-state index in [0.29, 0.717) is 6.42 Å². The van der Waals surface area contributed by atoms with Crippen LogP contribution in [0.15, 0.2) is 24.3 Å². The minimum Gasteiger partial charge on any atom is -0.497 e. The normalized spacial score (nSPS) is 13.6. The first kappa shape index (κ1) is 16.3. The number of benzene rings is 1. The van der Waals surface area contributed by atoms with Crippen molar-refractivity contribution in [3.63, 3.8) is 0 Å². The summed E-state index contributed by atoms with van der Waals surface area (Å²) in [7, 11) is 5.45. The second-order valence-electron chi connectivity index (χ2n) is 5.17. The molecule has 1 amide bonds. The predicted molar refractivity (Wildman–Crippen MR) is 82.2 cm³/mol. The third-order valence-electron chi connectivity index (χ3n) is 3.78. The lowest BCUT2D eigenvalue weighted by molar-refractivity contribution is -0.123. The average molecular weight is 279 g/mol. The second-order valence-corrected chi connectivity index (χ2v) is 5.17. The molecule has 0 spiro atoms. The molecule has 0 saturated carbocycles. The zero-order valence-electron chi connectivity index (χ0n) is 12.8. The van der Waals surface area contributed by atoms with Gasteiger partial charge in [-0.3, -0.25) is 4.79 Å². The van der Waals surface area contributed by atoms with Gasteiger partial charge in [0.15, 0.2) is 0 Å². The fourth-order valence-electron chi connectivity index (χ4n) is 2.01. The van der Waals surface area contributed by atoms with Crippen molar-refractivity contribution in [2.45, 2.75) is 25.3 Å². The van der Waals surface area contributed by atoms with E-state index in [1.165, 1.54) is 0 Å². The Kier molecular flexibility index (Phi) is 5.82. The maximum absolute atomic E-state index is 11.4. The minimum absolute atomic E-state index is 0.313. The third kappa shape index (κ3) is 4.13. The highest BCUT2D eigenvalue weighted by molar-refractivity contribution is 5.84. The van der Waals surface area contributed by atoms with Crippen LogP contribution in [0.5, 0.6) is 5.75 Å². The maximum atomic E-state index is 11.4. The summed E-state index contributed by atoms with van der Waals surface area (Å²) in [5, 5.41) is 3.00. The van der Waals surface area contributed by atoms with E-state index in [9.17, 15) is 4.79 Å². The molecule has 0 aliphatic rings. The van der Waals surface area contributed by atoms with Crippen LogP contribution in [0.25, 0.3) is 0 Å². The molecule has 0 fully saturated rings. The Bertz CT molecular complexity index is 433. The second kappa shape index (κ2) is 7.14. The molecule has 5 nitrogen and oxygen atoms in total. The van der Waals surface area contributed by atoms with Crippen LogP contribution in [0, 0.1) is 0 Å². The number of rotatable bonds is 8. The van der Waals surface area contributed by atoms with Gasteiger partial charge in [-0.25, -0.2) is 0 Å². The number of nitrogens with two attached hydrogens (primary N) is 1. The Morgan fingerprint density at radius 1 is 1.40 bits per heavy atom. The number of carbonyl (C=O) groups excluding carboxylic acids is 1. The van der Waals surface area contributed by atoms with Crippen molar-refractivity contribution in [2.75, 3.05) is 32.6 Å². The summed E-state index contributed by atoms with van der Waals surface area (Å²) < 4.78 is 5.14. The minimum atomic E-state index is -0.638. The van der Waals surface area contributed by atoms with Gasteiger partial charge in [0.25, 0.3) is 0 Å². The van der Waals surface area contributed by atoms with Crippen molar-refractivity contribution in [1.29, 1.82) is 0 Å². The summed E-state index contributed by atoms with van der Waals surface area (Å²) in [5.41, 5.74) is 5.90. The molecule has 0 aliphatic heterocycles. The number of carbonyl (C=O) groups is 1. The molecular weight excluding hydrogens is 254 g/mol. The number of hydrogen-bond acceptors (Lipinski definition) is 4. The van der Waals surface area contributed by atoms with Gasteiger partial charge in [-0.2, -0.15) is 0 Å². The lowest BCUT2D eigenvalue weighted by Gasteiger charge is -2.27. The van der Waals surface area contributed by atoms with Crippen molar-refractivity contribution in [3.8, 4) is 5.75 Å². The molecule has 0 aromatic heterocycles. The predicted octanol–water partition coefficient (Wildman–Crippen LogP) is 1.38. The van der Waals surface area contributed by atoms with Crippen LogP contribution in [0.3, 0.4) is 0 Å². The Morgan fingerprint density at radius 3 is 2.45 bits per heavy atom. The van der Waals surface area contributed by atoms with Gasteiger partial charge < -0.3 is 20.7 Å². The van der Waals surface area contributed by atoms with Crippen LogP contribution in [-0.4, -0.2) is 39.2 Å². The highest BCUT2D eigenvalue weighted by Gasteiger charge is 2.28. The van der Waals surface area contributed by atoms with Crippen LogP contribution in [0.2, 0.25) is 0 Å². The monoisotopic (exact) mass is 279 g/mol. The zero-order chi connectivity index (χ0) is 15.2. The number of hydrogen-bond donors (Lipinski definition) is 2. The molecular formula is C15H25N3O2. The lowest BCUT2D eigenvalue weighted by Crippen LogP contribution is -2.51. The first-order chi connectivity index (χ1) is 9.42.